The van der Waals surface area contributed by atoms with Gasteiger partial charge < -0.3 is 4.40 Å². The Balaban J connectivity index is 2.57. The molecule has 3 heteroatoms. The van der Waals surface area contributed by atoms with Crippen LogP contribution in [0.3, 0.4) is 0 Å². The summed E-state index contributed by atoms with van der Waals surface area (Å²) in [6, 6.07) is 4.08. The number of pyridine rings is 1. The molecule has 0 radical (unpaired) electrons. The molecule has 0 atom stereocenters. The second-order valence-electron chi connectivity index (χ2n) is 5.52. The molecule has 16 heavy (non-hydrogen) atoms. The van der Waals surface area contributed by atoms with Crippen LogP contribution in [0.1, 0.15) is 32.2 Å². The van der Waals surface area contributed by atoms with E-state index < -0.39 is 0 Å². The van der Waals surface area contributed by atoms with E-state index in [4.69, 9.17) is 11.6 Å². The molecule has 0 spiro atoms. The Morgan fingerprint density at radius 1 is 1.31 bits per heavy atom. The standard InChI is InChI=1S/C13H17ClN2/c1-9-5-6-10-12(14)15-11(16(10)8-9)7-13(2,3)4/h5-6,8H,7H2,1-4H3. The average molecular weight is 237 g/mol. The van der Waals surface area contributed by atoms with Crippen LogP contribution in [0.4, 0.5) is 0 Å². The molecule has 0 aliphatic carbocycles. The molecule has 0 aromatic carbocycles. The molecule has 0 bridgehead atoms. The summed E-state index contributed by atoms with van der Waals surface area (Å²) < 4.78 is 2.10. The molecule has 2 rings (SSSR count). The van der Waals surface area contributed by atoms with E-state index in [1.54, 1.807) is 0 Å². The third-order valence-electron chi connectivity index (χ3n) is 2.50. The number of halogens is 1. The van der Waals surface area contributed by atoms with Gasteiger partial charge in [0.1, 0.15) is 5.82 Å². The van der Waals surface area contributed by atoms with Gasteiger partial charge >= 0.3 is 0 Å². The lowest BCUT2D eigenvalue weighted by molar-refractivity contribution is 0.400. The van der Waals surface area contributed by atoms with Crippen molar-refractivity contribution in [2.75, 3.05) is 0 Å². The number of aromatic nitrogens is 2. The van der Waals surface area contributed by atoms with Crippen molar-refractivity contribution >= 4 is 17.1 Å². The maximum Gasteiger partial charge on any atom is 0.155 e. The number of fused-ring (bicyclic) bond motifs is 1. The highest BCUT2D eigenvalue weighted by atomic mass is 35.5. The van der Waals surface area contributed by atoms with Gasteiger partial charge in [0.25, 0.3) is 0 Å². The lowest BCUT2D eigenvalue weighted by Gasteiger charge is -2.16. The van der Waals surface area contributed by atoms with E-state index in [0.717, 1.165) is 17.8 Å². The average Bonchev–Trinajstić information content (AvgIpc) is 2.40. The fourth-order valence-corrected chi connectivity index (χ4v) is 2.06. The Labute approximate surface area is 101 Å². The summed E-state index contributed by atoms with van der Waals surface area (Å²) in [6.45, 7) is 8.70. The van der Waals surface area contributed by atoms with E-state index in [2.05, 4.69) is 49.3 Å². The Morgan fingerprint density at radius 3 is 2.62 bits per heavy atom. The summed E-state index contributed by atoms with van der Waals surface area (Å²) in [4.78, 5) is 4.44. The molecule has 2 aromatic rings. The number of nitrogens with zero attached hydrogens (tertiary/aromatic N) is 2. The minimum atomic E-state index is 0.217. The van der Waals surface area contributed by atoms with Gasteiger partial charge in [0, 0.05) is 12.6 Å². The summed E-state index contributed by atoms with van der Waals surface area (Å²) in [6.07, 6.45) is 3.01. The molecule has 0 aliphatic heterocycles. The zero-order valence-electron chi connectivity index (χ0n) is 10.2. The van der Waals surface area contributed by atoms with Crippen molar-refractivity contribution in [2.24, 2.45) is 5.41 Å². The summed E-state index contributed by atoms with van der Waals surface area (Å²) in [7, 11) is 0. The maximum atomic E-state index is 6.13. The van der Waals surface area contributed by atoms with E-state index in [-0.39, 0.29) is 5.41 Å². The molecular weight excluding hydrogens is 220 g/mol. The number of aryl methyl sites for hydroxylation is 1. The predicted molar refractivity (Wildman–Crippen MR) is 68.1 cm³/mol. The van der Waals surface area contributed by atoms with Crippen LogP contribution in [-0.2, 0) is 6.42 Å². The molecule has 0 saturated carbocycles. The Bertz CT molecular complexity index is 520. The van der Waals surface area contributed by atoms with Gasteiger partial charge in [-0.05, 0) is 24.0 Å². The van der Waals surface area contributed by atoms with E-state index in [9.17, 15) is 0 Å². The van der Waals surface area contributed by atoms with Gasteiger partial charge in [0.05, 0.1) is 5.52 Å². The SMILES string of the molecule is Cc1ccc2c(Cl)nc(CC(C)(C)C)n2c1. The number of imidazole rings is 1. The van der Waals surface area contributed by atoms with Crippen molar-refractivity contribution in [1.82, 2.24) is 9.38 Å². The van der Waals surface area contributed by atoms with E-state index in [0.29, 0.717) is 5.15 Å². The van der Waals surface area contributed by atoms with Gasteiger partial charge in [-0.25, -0.2) is 4.98 Å². The quantitative estimate of drug-likeness (QED) is 0.735. The number of hydrogen-bond acceptors (Lipinski definition) is 1. The lowest BCUT2D eigenvalue weighted by atomic mass is 9.92. The molecule has 0 amide bonds. The monoisotopic (exact) mass is 236 g/mol. The van der Waals surface area contributed by atoms with Crippen LogP contribution in [-0.4, -0.2) is 9.38 Å². The van der Waals surface area contributed by atoms with Crippen molar-refractivity contribution in [3.63, 3.8) is 0 Å². The first-order valence-corrected chi connectivity index (χ1v) is 5.88. The zero-order valence-corrected chi connectivity index (χ0v) is 11.0. The maximum absolute atomic E-state index is 6.13. The first kappa shape index (κ1) is 11.5. The number of hydrogen-bond donors (Lipinski definition) is 0. The smallest absolute Gasteiger partial charge is 0.155 e. The summed E-state index contributed by atoms with van der Waals surface area (Å²) >= 11 is 6.13. The van der Waals surface area contributed by atoms with Crippen LogP contribution in [0.5, 0.6) is 0 Å². The summed E-state index contributed by atoms with van der Waals surface area (Å²) in [5.74, 6) is 1.04. The molecule has 2 aromatic heterocycles. The fraction of sp³-hybridized carbons (Fsp3) is 0.462. The third-order valence-corrected chi connectivity index (χ3v) is 2.78. The third kappa shape index (κ3) is 2.22. The van der Waals surface area contributed by atoms with Crippen molar-refractivity contribution < 1.29 is 0 Å². The molecule has 0 saturated heterocycles. The lowest BCUT2D eigenvalue weighted by Crippen LogP contribution is -2.12. The highest BCUT2D eigenvalue weighted by Crippen LogP contribution is 2.25. The molecule has 0 aliphatic rings. The normalized spacial score (nSPS) is 12.3. The van der Waals surface area contributed by atoms with Crippen LogP contribution in [0, 0.1) is 12.3 Å². The molecular formula is C13H17ClN2. The summed E-state index contributed by atoms with van der Waals surface area (Å²) in [5.41, 5.74) is 2.43. The van der Waals surface area contributed by atoms with Gasteiger partial charge in [-0.15, -0.1) is 0 Å². The van der Waals surface area contributed by atoms with Gasteiger partial charge in [-0.1, -0.05) is 38.4 Å². The molecule has 0 N–H and O–H groups in total. The number of rotatable bonds is 1. The van der Waals surface area contributed by atoms with E-state index >= 15 is 0 Å². The molecule has 2 heterocycles. The first-order chi connectivity index (χ1) is 7.37. The van der Waals surface area contributed by atoms with Gasteiger partial charge in [0.2, 0.25) is 0 Å². The zero-order chi connectivity index (χ0) is 11.9. The Morgan fingerprint density at radius 2 is 2.00 bits per heavy atom. The van der Waals surface area contributed by atoms with Crippen LogP contribution < -0.4 is 0 Å². The van der Waals surface area contributed by atoms with Crippen molar-refractivity contribution in [3.05, 3.63) is 34.9 Å². The Hall–Kier alpha value is -1.02. The minimum Gasteiger partial charge on any atom is -0.302 e. The molecule has 2 nitrogen and oxygen atoms in total. The largest absolute Gasteiger partial charge is 0.302 e. The van der Waals surface area contributed by atoms with Crippen LogP contribution in [0.25, 0.3) is 5.52 Å². The highest BCUT2D eigenvalue weighted by Gasteiger charge is 2.17. The van der Waals surface area contributed by atoms with Crippen LogP contribution in [0.2, 0.25) is 5.15 Å². The van der Waals surface area contributed by atoms with E-state index in [1.807, 2.05) is 6.07 Å². The van der Waals surface area contributed by atoms with Gasteiger partial charge in [0.15, 0.2) is 5.15 Å². The minimum absolute atomic E-state index is 0.217. The van der Waals surface area contributed by atoms with E-state index in [1.165, 1.54) is 5.56 Å². The van der Waals surface area contributed by atoms with Crippen LogP contribution in [0.15, 0.2) is 18.3 Å². The van der Waals surface area contributed by atoms with Gasteiger partial charge in [-0.2, -0.15) is 0 Å². The fourth-order valence-electron chi connectivity index (χ4n) is 1.81. The second-order valence-corrected chi connectivity index (χ2v) is 5.88. The predicted octanol–water partition coefficient (Wildman–Crippen LogP) is 3.88. The van der Waals surface area contributed by atoms with Gasteiger partial charge in [-0.3, -0.25) is 0 Å². The van der Waals surface area contributed by atoms with Crippen molar-refractivity contribution in [3.8, 4) is 0 Å². The Kier molecular flexibility index (Phi) is 2.70. The van der Waals surface area contributed by atoms with Crippen molar-refractivity contribution in [1.29, 1.82) is 0 Å². The second kappa shape index (κ2) is 3.77. The molecule has 0 unspecified atom stereocenters. The first-order valence-electron chi connectivity index (χ1n) is 5.50. The van der Waals surface area contributed by atoms with Crippen molar-refractivity contribution in [2.45, 2.75) is 34.1 Å². The molecule has 86 valence electrons. The van der Waals surface area contributed by atoms with Crippen LogP contribution >= 0.6 is 11.6 Å². The topological polar surface area (TPSA) is 17.3 Å². The highest BCUT2D eigenvalue weighted by molar-refractivity contribution is 6.32. The molecule has 0 fully saturated rings. The summed E-state index contributed by atoms with van der Waals surface area (Å²) in [5, 5.41) is 0.597.